The Balaban J connectivity index is -0.000000145. The largest absolute Gasteiger partial charge is 0.509 e. The number of rotatable bonds is 1. The Bertz CT molecular complexity index is 502. The van der Waals surface area contributed by atoms with E-state index in [4.69, 9.17) is 10.1 Å². The molecule has 0 aliphatic heterocycles. The van der Waals surface area contributed by atoms with Gasteiger partial charge in [-0.05, 0) is 6.47 Å². The first-order valence-corrected chi connectivity index (χ1v) is 8.23. The van der Waals surface area contributed by atoms with Crippen molar-refractivity contribution in [2.45, 2.75) is 0 Å². The van der Waals surface area contributed by atoms with E-state index in [0.29, 0.717) is 0 Å². The van der Waals surface area contributed by atoms with E-state index in [2.05, 4.69) is 29.2 Å². The molecule has 0 aliphatic carbocycles. The second-order valence-corrected chi connectivity index (χ2v) is 4.48. The molecule has 4 rings (SSSR count). The molecule has 156 valence electrons. The van der Waals surface area contributed by atoms with Crippen LogP contribution in [0.4, 0.5) is 0 Å². The number of benzene rings is 4. The maximum absolute atomic E-state index is 8.58. The maximum Gasteiger partial charge on any atom is 0 e. The van der Waals surface area contributed by atoms with Crippen LogP contribution >= 0.6 is 0 Å². The van der Waals surface area contributed by atoms with Crippen molar-refractivity contribution < 1.29 is 35.4 Å². The molecular formula is C25H21Na2O3Pd-5. The standard InChI is InChI=1S/4C6H5.CHO3.2Na.Pd/c4*1-2-4-6-5-3-1;2-1-4-3;;;/h4*1-5H;3H;;;/q5*-1;;;. The molecule has 4 aromatic carbocycles. The van der Waals surface area contributed by atoms with Crippen LogP contribution in [0, 0.1) is 24.3 Å². The van der Waals surface area contributed by atoms with Crippen molar-refractivity contribution in [1.29, 1.82) is 0 Å². The smallest absolute Gasteiger partial charge is 0 e. The zero-order chi connectivity index (χ0) is 20.4. The van der Waals surface area contributed by atoms with E-state index in [0.717, 1.165) is 6.47 Å². The average molecular weight is 522 g/mol. The van der Waals surface area contributed by atoms with Gasteiger partial charge in [0.1, 0.15) is 0 Å². The van der Waals surface area contributed by atoms with Crippen LogP contribution in [-0.4, -0.2) is 70.8 Å². The van der Waals surface area contributed by atoms with Crippen molar-refractivity contribution >= 4 is 65.6 Å². The minimum absolute atomic E-state index is 0. The van der Waals surface area contributed by atoms with E-state index in [1.54, 1.807) is 0 Å². The van der Waals surface area contributed by atoms with E-state index >= 15 is 0 Å². The fraction of sp³-hybridized carbons (Fsp3) is 0. The Morgan fingerprint density at radius 1 is 0.484 bits per heavy atom. The first-order chi connectivity index (χ1) is 13.9. The van der Waals surface area contributed by atoms with Crippen molar-refractivity contribution in [3.8, 4) is 0 Å². The van der Waals surface area contributed by atoms with Gasteiger partial charge in [-0.15, -0.1) is 0 Å². The van der Waals surface area contributed by atoms with Gasteiger partial charge in [0.15, 0.2) is 0 Å². The van der Waals surface area contributed by atoms with E-state index in [-0.39, 0.29) is 79.5 Å². The van der Waals surface area contributed by atoms with Gasteiger partial charge in [-0.3, -0.25) is 0 Å². The SMILES string of the molecule is O=[C-]OO.[Na].[Na].[Pd].[c-]1ccccc1.[c-]1ccccc1.[c-]1ccccc1.[c-]1ccccc1. The van der Waals surface area contributed by atoms with Gasteiger partial charge in [0, 0.05) is 79.5 Å². The fourth-order valence-corrected chi connectivity index (χ4v) is 1.37. The quantitative estimate of drug-likeness (QED) is 0.171. The molecule has 0 saturated heterocycles. The summed E-state index contributed by atoms with van der Waals surface area (Å²) in [5, 5.41) is 6.95. The van der Waals surface area contributed by atoms with Crippen LogP contribution < -0.4 is 0 Å². The Kier molecular flexibility index (Phi) is 43.7. The number of hydrogen-bond donors (Lipinski definition) is 1. The molecule has 0 bridgehead atoms. The van der Waals surface area contributed by atoms with Crippen LogP contribution in [-0.2, 0) is 30.1 Å². The second kappa shape index (κ2) is 36.4. The zero-order valence-corrected chi connectivity index (χ0v) is 23.2. The third-order valence-corrected chi connectivity index (χ3v) is 2.47. The Morgan fingerprint density at radius 3 is 0.677 bits per heavy atom. The molecule has 0 aromatic heterocycles. The molecule has 0 amide bonds. The number of hydrogen-bond acceptors (Lipinski definition) is 3. The van der Waals surface area contributed by atoms with Gasteiger partial charge >= 0.3 is 0 Å². The summed E-state index contributed by atoms with van der Waals surface area (Å²) in [5.41, 5.74) is 0. The van der Waals surface area contributed by atoms with Gasteiger partial charge in [-0.25, -0.2) is 5.26 Å². The topological polar surface area (TPSA) is 46.5 Å². The Labute approximate surface area is 244 Å². The van der Waals surface area contributed by atoms with E-state index < -0.39 is 0 Å². The Hall–Kier alpha value is -1.03. The minimum Gasteiger partial charge on any atom is -0.509 e. The molecule has 6 heteroatoms. The summed E-state index contributed by atoms with van der Waals surface area (Å²) in [7, 11) is 0. The Morgan fingerprint density at radius 2 is 0.645 bits per heavy atom. The van der Waals surface area contributed by atoms with Gasteiger partial charge in [0.25, 0.3) is 0 Å². The van der Waals surface area contributed by atoms with Crippen molar-refractivity contribution in [3.05, 3.63) is 146 Å². The maximum atomic E-state index is 8.58. The molecule has 0 unspecified atom stereocenters. The van der Waals surface area contributed by atoms with Crippen LogP contribution in [0.25, 0.3) is 0 Å². The predicted molar refractivity (Wildman–Crippen MR) is 122 cm³/mol. The van der Waals surface area contributed by atoms with E-state index in [9.17, 15) is 0 Å². The second-order valence-electron chi connectivity index (χ2n) is 4.48. The first-order valence-electron chi connectivity index (χ1n) is 8.23. The molecule has 0 saturated carbocycles. The van der Waals surface area contributed by atoms with Crippen LogP contribution in [0.1, 0.15) is 0 Å². The van der Waals surface area contributed by atoms with Crippen molar-refractivity contribution in [1.82, 2.24) is 0 Å². The summed E-state index contributed by atoms with van der Waals surface area (Å²) < 4.78 is 0. The third-order valence-electron chi connectivity index (χ3n) is 2.47. The van der Waals surface area contributed by atoms with Crippen LogP contribution in [0.15, 0.2) is 121 Å². The van der Waals surface area contributed by atoms with Crippen LogP contribution in [0.5, 0.6) is 0 Å². The minimum atomic E-state index is 0. The van der Waals surface area contributed by atoms with Crippen molar-refractivity contribution in [2.75, 3.05) is 0 Å². The molecule has 4 aromatic rings. The van der Waals surface area contributed by atoms with Crippen molar-refractivity contribution in [2.24, 2.45) is 0 Å². The molecule has 31 heavy (non-hydrogen) atoms. The third kappa shape index (κ3) is 36.7. The van der Waals surface area contributed by atoms with Crippen LogP contribution in [0.3, 0.4) is 0 Å². The fourth-order valence-electron chi connectivity index (χ4n) is 1.37. The van der Waals surface area contributed by atoms with Crippen molar-refractivity contribution in [3.63, 3.8) is 0 Å². The summed E-state index contributed by atoms with van der Waals surface area (Å²) in [6, 6.07) is 50.0. The zero-order valence-electron chi connectivity index (χ0n) is 17.6. The molecule has 2 radical (unpaired) electrons. The van der Waals surface area contributed by atoms with Gasteiger partial charge in [0.05, 0.1) is 0 Å². The van der Waals surface area contributed by atoms with Gasteiger partial charge in [-0.1, -0.05) is 0 Å². The summed E-state index contributed by atoms with van der Waals surface area (Å²) in [5.74, 6) is 0. The van der Waals surface area contributed by atoms with Crippen LogP contribution in [0.2, 0.25) is 0 Å². The molecule has 1 N–H and O–H groups in total. The molecule has 0 fully saturated rings. The monoisotopic (exact) mass is 521 g/mol. The molecule has 0 aliphatic rings. The first kappa shape index (κ1) is 37.3. The summed E-state index contributed by atoms with van der Waals surface area (Å²) in [6.45, 7) is 0.736. The molecule has 0 spiro atoms. The normalized spacial score (nSPS) is 6.87. The molecule has 0 heterocycles. The molecular weight excluding hydrogens is 501 g/mol. The number of carbonyl (C=O) groups excluding carboxylic acids is 1. The van der Waals surface area contributed by atoms with Gasteiger partial charge in [0.2, 0.25) is 0 Å². The van der Waals surface area contributed by atoms with E-state index in [1.165, 1.54) is 0 Å². The molecule has 3 nitrogen and oxygen atoms in total. The summed E-state index contributed by atoms with van der Waals surface area (Å²) in [6.07, 6.45) is 0. The average Bonchev–Trinajstić information content (AvgIpc) is 2.85. The van der Waals surface area contributed by atoms with Gasteiger partial charge < -0.3 is 9.68 Å². The van der Waals surface area contributed by atoms with Gasteiger partial charge in [-0.2, -0.15) is 146 Å². The van der Waals surface area contributed by atoms with E-state index in [1.807, 2.05) is 121 Å². The summed E-state index contributed by atoms with van der Waals surface area (Å²) in [4.78, 5) is 11.3. The predicted octanol–water partition coefficient (Wildman–Crippen LogP) is 4.73. The molecule has 0 atom stereocenters. The summed E-state index contributed by atoms with van der Waals surface area (Å²) >= 11 is 0.